The highest BCUT2D eigenvalue weighted by Gasteiger charge is 2.06. The van der Waals surface area contributed by atoms with Crippen LogP contribution < -0.4 is 4.90 Å². The topological polar surface area (TPSA) is 16.1 Å². The van der Waals surface area contributed by atoms with Crippen LogP contribution in [0, 0.1) is 5.92 Å². The molecule has 0 aromatic carbocycles. The maximum Gasteiger partial charge on any atom is 0.186 e. The van der Waals surface area contributed by atoms with E-state index in [0.717, 1.165) is 11.7 Å². The zero-order valence-electron chi connectivity index (χ0n) is 7.54. The second-order valence-electron chi connectivity index (χ2n) is 3.23. The van der Waals surface area contributed by atoms with Gasteiger partial charge in [-0.1, -0.05) is 25.4 Å². The molecule has 0 atom stereocenters. The molecule has 0 fully saturated rings. The molecule has 0 radical (unpaired) electrons. The quantitative estimate of drug-likeness (QED) is 0.753. The predicted octanol–water partition coefficient (Wildman–Crippen LogP) is 2.89. The second kappa shape index (κ2) is 4.10. The highest BCUT2D eigenvalue weighted by atomic mass is 35.5. The van der Waals surface area contributed by atoms with Crippen LogP contribution in [0.3, 0.4) is 0 Å². The summed E-state index contributed by atoms with van der Waals surface area (Å²) in [5.74, 6) is 0.651. The minimum absolute atomic E-state index is 0.589. The second-order valence-corrected chi connectivity index (χ2v) is 4.45. The van der Waals surface area contributed by atoms with Gasteiger partial charge in [0.05, 0.1) is 0 Å². The van der Waals surface area contributed by atoms with Crippen molar-refractivity contribution in [2.24, 2.45) is 5.92 Å². The Kier molecular flexibility index (Phi) is 3.35. The molecule has 1 rings (SSSR count). The van der Waals surface area contributed by atoms with Crippen LogP contribution in [0.15, 0.2) is 5.38 Å². The van der Waals surface area contributed by atoms with Gasteiger partial charge in [0, 0.05) is 19.0 Å². The molecule has 68 valence electrons. The SMILES string of the molecule is CC(C)CN(C)c1nc(Cl)cs1. The highest BCUT2D eigenvalue weighted by Crippen LogP contribution is 2.22. The Balaban J connectivity index is 2.58. The Labute approximate surface area is 82.2 Å². The van der Waals surface area contributed by atoms with E-state index in [4.69, 9.17) is 11.6 Å². The number of aromatic nitrogens is 1. The molecular weight excluding hydrogens is 192 g/mol. The number of anilines is 1. The molecule has 0 aliphatic heterocycles. The van der Waals surface area contributed by atoms with Crippen LogP contribution in [0.1, 0.15) is 13.8 Å². The molecule has 12 heavy (non-hydrogen) atoms. The number of hydrogen-bond acceptors (Lipinski definition) is 3. The fraction of sp³-hybridized carbons (Fsp3) is 0.625. The van der Waals surface area contributed by atoms with E-state index in [-0.39, 0.29) is 0 Å². The third kappa shape index (κ3) is 2.64. The first-order valence-electron chi connectivity index (χ1n) is 3.91. The smallest absolute Gasteiger partial charge is 0.186 e. The molecule has 0 spiro atoms. The van der Waals surface area contributed by atoms with Crippen LogP contribution >= 0.6 is 22.9 Å². The molecule has 0 amide bonds. The van der Waals surface area contributed by atoms with Crippen molar-refractivity contribution >= 4 is 28.1 Å². The molecule has 1 aromatic heterocycles. The Morgan fingerprint density at radius 3 is 2.75 bits per heavy atom. The lowest BCUT2D eigenvalue weighted by Gasteiger charge is -2.17. The molecule has 0 aliphatic carbocycles. The number of nitrogens with zero attached hydrogens (tertiary/aromatic N) is 2. The van der Waals surface area contributed by atoms with Gasteiger partial charge in [0.15, 0.2) is 5.13 Å². The van der Waals surface area contributed by atoms with Crippen LogP contribution in [0.25, 0.3) is 0 Å². The molecular formula is C8H13ClN2S. The van der Waals surface area contributed by atoms with Crippen molar-refractivity contribution < 1.29 is 0 Å². The summed E-state index contributed by atoms with van der Waals surface area (Å²) in [6.07, 6.45) is 0. The fourth-order valence-corrected chi connectivity index (χ4v) is 1.97. The van der Waals surface area contributed by atoms with E-state index in [0.29, 0.717) is 11.1 Å². The summed E-state index contributed by atoms with van der Waals surface area (Å²) >= 11 is 7.30. The lowest BCUT2D eigenvalue weighted by Crippen LogP contribution is -2.22. The number of rotatable bonds is 3. The minimum atomic E-state index is 0.589. The van der Waals surface area contributed by atoms with Gasteiger partial charge in [-0.3, -0.25) is 0 Å². The molecule has 0 N–H and O–H groups in total. The molecule has 0 saturated heterocycles. The first-order valence-corrected chi connectivity index (χ1v) is 5.17. The summed E-state index contributed by atoms with van der Waals surface area (Å²) in [5.41, 5.74) is 0. The van der Waals surface area contributed by atoms with E-state index in [1.165, 1.54) is 0 Å². The van der Waals surface area contributed by atoms with Crippen molar-refractivity contribution in [2.45, 2.75) is 13.8 Å². The summed E-state index contributed by atoms with van der Waals surface area (Å²) < 4.78 is 0. The van der Waals surface area contributed by atoms with Gasteiger partial charge < -0.3 is 4.90 Å². The molecule has 0 saturated carbocycles. The van der Waals surface area contributed by atoms with Gasteiger partial charge in [-0.05, 0) is 5.92 Å². The third-order valence-corrected chi connectivity index (χ3v) is 2.71. The van der Waals surface area contributed by atoms with Gasteiger partial charge in [-0.15, -0.1) is 11.3 Å². The van der Waals surface area contributed by atoms with E-state index in [1.807, 2.05) is 12.4 Å². The van der Waals surface area contributed by atoms with Crippen molar-refractivity contribution in [3.05, 3.63) is 10.5 Å². The van der Waals surface area contributed by atoms with Gasteiger partial charge in [0.2, 0.25) is 0 Å². The summed E-state index contributed by atoms with van der Waals surface area (Å²) in [5, 5.41) is 3.44. The van der Waals surface area contributed by atoms with Crippen LogP contribution in [-0.2, 0) is 0 Å². The number of hydrogen-bond donors (Lipinski definition) is 0. The minimum Gasteiger partial charge on any atom is -0.351 e. The van der Waals surface area contributed by atoms with Crippen LogP contribution in [0.5, 0.6) is 0 Å². The highest BCUT2D eigenvalue weighted by molar-refractivity contribution is 7.14. The average Bonchev–Trinajstić information content (AvgIpc) is 2.34. The van der Waals surface area contributed by atoms with Crippen LogP contribution in [0.2, 0.25) is 5.15 Å². The molecule has 2 nitrogen and oxygen atoms in total. The molecule has 4 heteroatoms. The fourth-order valence-electron chi connectivity index (χ4n) is 1.05. The number of thiazole rings is 1. The van der Waals surface area contributed by atoms with Gasteiger partial charge in [-0.2, -0.15) is 0 Å². The van der Waals surface area contributed by atoms with Crippen molar-refractivity contribution in [3.63, 3.8) is 0 Å². The van der Waals surface area contributed by atoms with Crippen molar-refractivity contribution in [3.8, 4) is 0 Å². The zero-order chi connectivity index (χ0) is 9.14. The predicted molar refractivity (Wildman–Crippen MR) is 55.2 cm³/mol. The standard InChI is InChI=1S/C8H13ClN2S/c1-6(2)4-11(3)8-10-7(9)5-12-8/h5-6H,4H2,1-3H3. The monoisotopic (exact) mass is 204 g/mol. The van der Waals surface area contributed by atoms with Crippen molar-refractivity contribution in [2.75, 3.05) is 18.5 Å². The van der Waals surface area contributed by atoms with Gasteiger partial charge in [-0.25, -0.2) is 4.98 Å². The third-order valence-electron chi connectivity index (χ3n) is 1.43. The summed E-state index contributed by atoms with van der Waals surface area (Å²) in [4.78, 5) is 6.30. The first kappa shape index (κ1) is 9.81. The Morgan fingerprint density at radius 2 is 2.33 bits per heavy atom. The Morgan fingerprint density at radius 1 is 1.67 bits per heavy atom. The Bertz CT molecular complexity index is 247. The zero-order valence-corrected chi connectivity index (χ0v) is 9.11. The van der Waals surface area contributed by atoms with Crippen molar-refractivity contribution in [1.82, 2.24) is 4.98 Å². The molecule has 0 bridgehead atoms. The molecule has 1 heterocycles. The Hall–Kier alpha value is -0.280. The van der Waals surface area contributed by atoms with Gasteiger partial charge in [0.25, 0.3) is 0 Å². The summed E-state index contributed by atoms with van der Waals surface area (Å²) in [6.45, 7) is 5.39. The van der Waals surface area contributed by atoms with E-state index in [1.54, 1.807) is 11.3 Å². The van der Waals surface area contributed by atoms with E-state index in [9.17, 15) is 0 Å². The lowest BCUT2D eigenvalue weighted by molar-refractivity contribution is 0.637. The van der Waals surface area contributed by atoms with Gasteiger partial charge >= 0.3 is 0 Å². The summed E-state index contributed by atoms with van der Waals surface area (Å²) in [7, 11) is 2.04. The average molecular weight is 205 g/mol. The van der Waals surface area contributed by atoms with Crippen LogP contribution in [-0.4, -0.2) is 18.6 Å². The number of halogens is 1. The maximum absolute atomic E-state index is 5.71. The van der Waals surface area contributed by atoms with Crippen LogP contribution in [0.4, 0.5) is 5.13 Å². The maximum atomic E-state index is 5.71. The van der Waals surface area contributed by atoms with Crippen molar-refractivity contribution in [1.29, 1.82) is 0 Å². The molecule has 0 unspecified atom stereocenters. The lowest BCUT2D eigenvalue weighted by atomic mass is 10.2. The largest absolute Gasteiger partial charge is 0.351 e. The summed E-state index contributed by atoms with van der Waals surface area (Å²) in [6, 6.07) is 0. The van der Waals surface area contributed by atoms with Gasteiger partial charge in [0.1, 0.15) is 5.15 Å². The van der Waals surface area contributed by atoms with E-state index in [2.05, 4.69) is 23.7 Å². The normalized spacial score (nSPS) is 10.8. The van der Waals surface area contributed by atoms with E-state index >= 15 is 0 Å². The first-order chi connectivity index (χ1) is 5.59. The van der Waals surface area contributed by atoms with E-state index < -0.39 is 0 Å². The molecule has 0 aliphatic rings. The molecule has 1 aromatic rings.